The first-order valence-corrected chi connectivity index (χ1v) is 8.89. The minimum Gasteiger partial charge on any atom is -0.493 e. The average molecular weight is 365 g/mol. The summed E-state index contributed by atoms with van der Waals surface area (Å²) in [7, 11) is 1.58. The Morgan fingerprint density at radius 3 is 3.04 bits per heavy atom. The van der Waals surface area contributed by atoms with E-state index in [9.17, 15) is 4.79 Å². The molecule has 1 amide bonds. The summed E-state index contributed by atoms with van der Waals surface area (Å²) in [4.78, 5) is 18.7. The number of aromatic nitrogens is 1. The molecule has 6 nitrogen and oxygen atoms in total. The predicted octanol–water partition coefficient (Wildman–Crippen LogP) is 2.71. The lowest BCUT2D eigenvalue weighted by Gasteiger charge is -2.21. The smallest absolute Gasteiger partial charge is 0.241 e. The zero-order valence-corrected chi connectivity index (χ0v) is 15.4. The van der Waals surface area contributed by atoms with Crippen molar-refractivity contribution < 1.29 is 14.3 Å². The van der Waals surface area contributed by atoms with Crippen molar-refractivity contribution in [3.05, 3.63) is 48.3 Å². The number of amides is 1. The van der Waals surface area contributed by atoms with Crippen molar-refractivity contribution in [1.29, 1.82) is 0 Å². The van der Waals surface area contributed by atoms with Gasteiger partial charge in [-0.05, 0) is 37.6 Å². The molecule has 6 heteroatoms. The van der Waals surface area contributed by atoms with E-state index in [4.69, 9.17) is 15.9 Å². The summed E-state index contributed by atoms with van der Waals surface area (Å²) >= 11 is 0. The maximum Gasteiger partial charge on any atom is 0.241 e. The standard InChI is InChI=1S/C21H23N3O3/c1-3-11-24-12-5-7-18(24)21(25)23-17-8-9-19(26-2)20(13-17)27-15-16-6-4-10-22-14-16/h1,4,6,8-10,13-14,18H,5,7,11-12,15H2,2H3,(H,23,25)/t18-/m0/s1. The van der Waals surface area contributed by atoms with Gasteiger partial charge in [-0.1, -0.05) is 12.0 Å². The number of hydrogen-bond acceptors (Lipinski definition) is 5. The molecule has 140 valence electrons. The molecule has 0 saturated carbocycles. The quantitative estimate of drug-likeness (QED) is 0.765. The van der Waals surface area contributed by atoms with Gasteiger partial charge in [0, 0.05) is 29.7 Å². The highest BCUT2D eigenvalue weighted by atomic mass is 16.5. The topological polar surface area (TPSA) is 63.7 Å². The third-order valence-corrected chi connectivity index (χ3v) is 4.51. The molecule has 1 aliphatic heterocycles. The van der Waals surface area contributed by atoms with Crippen LogP contribution >= 0.6 is 0 Å². The zero-order chi connectivity index (χ0) is 19.1. The Morgan fingerprint density at radius 1 is 1.41 bits per heavy atom. The van der Waals surface area contributed by atoms with E-state index in [1.807, 2.05) is 17.0 Å². The summed E-state index contributed by atoms with van der Waals surface area (Å²) in [6, 6.07) is 8.95. The lowest BCUT2D eigenvalue weighted by molar-refractivity contribution is -0.120. The number of hydrogen-bond donors (Lipinski definition) is 1. The van der Waals surface area contributed by atoms with Gasteiger partial charge in [0.2, 0.25) is 5.91 Å². The molecule has 27 heavy (non-hydrogen) atoms. The van der Waals surface area contributed by atoms with Gasteiger partial charge in [-0.25, -0.2) is 0 Å². The van der Waals surface area contributed by atoms with Crippen LogP contribution in [0.15, 0.2) is 42.7 Å². The molecule has 2 heterocycles. The van der Waals surface area contributed by atoms with E-state index < -0.39 is 0 Å². The maximum atomic E-state index is 12.6. The second-order valence-corrected chi connectivity index (χ2v) is 6.34. The van der Waals surface area contributed by atoms with E-state index in [-0.39, 0.29) is 11.9 Å². The van der Waals surface area contributed by atoms with Gasteiger partial charge in [-0.3, -0.25) is 14.7 Å². The van der Waals surface area contributed by atoms with Crippen LogP contribution in [-0.2, 0) is 11.4 Å². The van der Waals surface area contributed by atoms with Gasteiger partial charge in [0.1, 0.15) is 6.61 Å². The number of benzene rings is 1. The normalized spacial score (nSPS) is 16.5. The van der Waals surface area contributed by atoms with Gasteiger partial charge >= 0.3 is 0 Å². The predicted molar refractivity (Wildman–Crippen MR) is 104 cm³/mol. The first kappa shape index (κ1) is 18.7. The maximum absolute atomic E-state index is 12.6. The Labute approximate surface area is 159 Å². The van der Waals surface area contributed by atoms with Crippen LogP contribution in [0.4, 0.5) is 5.69 Å². The molecule has 1 fully saturated rings. The monoisotopic (exact) mass is 365 g/mol. The van der Waals surface area contributed by atoms with Gasteiger partial charge in [0.05, 0.1) is 19.7 Å². The van der Waals surface area contributed by atoms with Crippen molar-refractivity contribution in [1.82, 2.24) is 9.88 Å². The Balaban J connectivity index is 1.69. The first-order chi connectivity index (χ1) is 13.2. The fourth-order valence-corrected chi connectivity index (χ4v) is 3.17. The highest BCUT2D eigenvalue weighted by molar-refractivity contribution is 5.95. The molecule has 3 rings (SSSR count). The number of nitrogens with one attached hydrogen (secondary N) is 1. The van der Waals surface area contributed by atoms with Gasteiger partial charge in [0.25, 0.3) is 0 Å². The number of pyridine rings is 1. The van der Waals surface area contributed by atoms with Crippen molar-refractivity contribution in [3.8, 4) is 23.8 Å². The number of carbonyl (C=O) groups is 1. The highest BCUT2D eigenvalue weighted by Crippen LogP contribution is 2.31. The summed E-state index contributed by atoms with van der Waals surface area (Å²) in [6.07, 6.45) is 10.6. The summed E-state index contributed by atoms with van der Waals surface area (Å²) in [5.41, 5.74) is 1.61. The molecule has 0 radical (unpaired) electrons. The van der Waals surface area contributed by atoms with Crippen LogP contribution in [0.3, 0.4) is 0 Å². The van der Waals surface area contributed by atoms with Gasteiger partial charge in [0.15, 0.2) is 11.5 Å². The fourth-order valence-electron chi connectivity index (χ4n) is 3.17. The van der Waals surface area contributed by atoms with Crippen LogP contribution in [0, 0.1) is 12.3 Å². The summed E-state index contributed by atoms with van der Waals surface area (Å²) in [5.74, 6) is 3.73. The van der Waals surface area contributed by atoms with Crippen LogP contribution in [0.25, 0.3) is 0 Å². The van der Waals surface area contributed by atoms with Crippen molar-refractivity contribution >= 4 is 11.6 Å². The van der Waals surface area contributed by atoms with Crippen molar-refractivity contribution in [2.24, 2.45) is 0 Å². The molecule has 1 N–H and O–H groups in total. The van der Waals surface area contributed by atoms with E-state index in [0.29, 0.717) is 30.3 Å². The average Bonchev–Trinajstić information content (AvgIpc) is 3.16. The number of anilines is 1. The molecule has 1 atom stereocenters. The van der Waals surface area contributed by atoms with Crippen molar-refractivity contribution in [2.45, 2.75) is 25.5 Å². The van der Waals surface area contributed by atoms with Crippen molar-refractivity contribution in [3.63, 3.8) is 0 Å². The molecule has 1 aromatic heterocycles. The van der Waals surface area contributed by atoms with E-state index in [1.54, 1.807) is 37.7 Å². The Hall–Kier alpha value is -3.04. The highest BCUT2D eigenvalue weighted by Gasteiger charge is 2.30. The second kappa shape index (κ2) is 9.06. The van der Waals surface area contributed by atoms with Gasteiger partial charge in [-0.2, -0.15) is 0 Å². The largest absolute Gasteiger partial charge is 0.493 e. The van der Waals surface area contributed by atoms with Crippen LogP contribution in [0.5, 0.6) is 11.5 Å². The van der Waals surface area contributed by atoms with Gasteiger partial charge in [-0.15, -0.1) is 6.42 Å². The molecular weight excluding hydrogens is 342 g/mol. The number of terminal acetylenes is 1. The third-order valence-electron chi connectivity index (χ3n) is 4.51. The molecule has 1 saturated heterocycles. The number of methoxy groups -OCH3 is 1. The minimum absolute atomic E-state index is 0.0499. The van der Waals surface area contributed by atoms with Crippen LogP contribution < -0.4 is 14.8 Å². The van der Waals surface area contributed by atoms with Gasteiger partial charge < -0.3 is 14.8 Å². The lowest BCUT2D eigenvalue weighted by Crippen LogP contribution is -2.39. The summed E-state index contributed by atoms with van der Waals surface area (Å²) < 4.78 is 11.2. The summed E-state index contributed by atoms with van der Waals surface area (Å²) in [6.45, 7) is 1.70. The van der Waals surface area contributed by atoms with Crippen LogP contribution in [0.2, 0.25) is 0 Å². The second-order valence-electron chi connectivity index (χ2n) is 6.34. The zero-order valence-electron chi connectivity index (χ0n) is 15.4. The van der Waals surface area contributed by atoms with E-state index in [2.05, 4.69) is 16.2 Å². The van der Waals surface area contributed by atoms with E-state index in [1.165, 1.54) is 0 Å². The Morgan fingerprint density at radius 2 is 2.30 bits per heavy atom. The minimum atomic E-state index is -0.192. The number of rotatable bonds is 7. The Bertz CT molecular complexity index is 817. The van der Waals surface area contributed by atoms with Crippen molar-refractivity contribution in [2.75, 3.05) is 25.5 Å². The molecule has 0 aliphatic carbocycles. The Kier molecular flexibility index (Phi) is 6.29. The molecular formula is C21H23N3O3. The third kappa shape index (κ3) is 4.78. The molecule has 1 aromatic carbocycles. The van der Waals surface area contributed by atoms with Crippen LogP contribution in [0.1, 0.15) is 18.4 Å². The molecule has 1 aliphatic rings. The lowest BCUT2D eigenvalue weighted by atomic mass is 10.2. The molecule has 2 aromatic rings. The molecule has 0 bridgehead atoms. The summed E-state index contributed by atoms with van der Waals surface area (Å²) in [5, 5.41) is 2.97. The SMILES string of the molecule is C#CCN1CCC[C@H]1C(=O)Nc1ccc(OC)c(OCc2cccnc2)c1. The number of likely N-dealkylation sites (tertiary alicyclic amines) is 1. The van der Waals surface area contributed by atoms with Crippen LogP contribution in [-0.4, -0.2) is 42.0 Å². The number of ether oxygens (including phenoxy) is 2. The first-order valence-electron chi connectivity index (χ1n) is 8.89. The number of nitrogens with zero attached hydrogens (tertiary/aromatic N) is 2. The van der Waals surface area contributed by atoms with E-state index in [0.717, 1.165) is 24.9 Å². The molecule has 0 spiro atoms. The molecule has 0 unspecified atom stereocenters. The number of carbonyl (C=O) groups excluding carboxylic acids is 1. The fraction of sp³-hybridized carbons (Fsp3) is 0.333. The van der Waals surface area contributed by atoms with E-state index >= 15 is 0 Å².